The number of hydrogen-bond acceptors (Lipinski definition) is 7. The van der Waals surface area contributed by atoms with E-state index in [1.807, 2.05) is 26.2 Å². The summed E-state index contributed by atoms with van der Waals surface area (Å²) in [6.45, 7) is 1.20. The van der Waals surface area contributed by atoms with Gasteiger partial charge < -0.3 is 9.80 Å². The standard InChI is InChI=1S/C22H23N5O3S/c1-25(2)20-4-3-17(27(29)30)13-18(20)22(28)26-11-7-16(8-12-26)21-24-19(14-31-21)15-5-9-23-10-6-15/h3-6,9-10,13-14,16H,7-8,11-12H2,1-2H3. The zero-order valence-corrected chi connectivity index (χ0v) is 18.2. The highest BCUT2D eigenvalue weighted by atomic mass is 32.1. The molecule has 1 aliphatic rings. The Morgan fingerprint density at radius 3 is 2.55 bits per heavy atom. The minimum absolute atomic E-state index is 0.0738. The Balaban J connectivity index is 1.47. The van der Waals surface area contributed by atoms with Crippen molar-refractivity contribution in [3.63, 3.8) is 0 Å². The lowest BCUT2D eigenvalue weighted by molar-refractivity contribution is -0.384. The first-order valence-corrected chi connectivity index (χ1v) is 10.9. The first-order chi connectivity index (χ1) is 14.9. The van der Waals surface area contributed by atoms with Gasteiger partial charge in [-0.2, -0.15) is 0 Å². The second-order valence-corrected chi connectivity index (χ2v) is 8.62. The molecule has 2 aromatic heterocycles. The summed E-state index contributed by atoms with van der Waals surface area (Å²) < 4.78 is 0. The van der Waals surface area contributed by atoms with Crippen LogP contribution in [0.4, 0.5) is 11.4 Å². The SMILES string of the molecule is CN(C)c1ccc([N+](=O)[O-])cc1C(=O)N1CCC(c2nc(-c3ccncc3)cs2)CC1. The van der Waals surface area contributed by atoms with E-state index in [1.54, 1.807) is 39.6 Å². The third kappa shape index (κ3) is 4.41. The van der Waals surface area contributed by atoms with E-state index in [0.29, 0.717) is 30.3 Å². The van der Waals surface area contributed by atoms with Crippen LogP contribution in [0.2, 0.25) is 0 Å². The molecule has 9 heteroatoms. The van der Waals surface area contributed by atoms with E-state index in [0.717, 1.165) is 29.1 Å². The van der Waals surface area contributed by atoms with Gasteiger partial charge in [0.25, 0.3) is 11.6 Å². The number of rotatable bonds is 5. The van der Waals surface area contributed by atoms with Crippen molar-refractivity contribution in [3.8, 4) is 11.3 Å². The average Bonchev–Trinajstić information content (AvgIpc) is 3.29. The van der Waals surface area contributed by atoms with Crippen LogP contribution >= 0.6 is 11.3 Å². The number of piperidine rings is 1. The first-order valence-electron chi connectivity index (χ1n) is 10.0. The molecule has 3 heterocycles. The minimum Gasteiger partial charge on any atom is -0.377 e. The van der Waals surface area contributed by atoms with Gasteiger partial charge in [0, 0.05) is 74.3 Å². The molecule has 0 saturated carbocycles. The van der Waals surface area contributed by atoms with Crippen LogP contribution < -0.4 is 4.90 Å². The van der Waals surface area contributed by atoms with Crippen molar-refractivity contribution in [2.24, 2.45) is 0 Å². The molecular formula is C22H23N5O3S. The second kappa shape index (κ2) is 8.81. The molecule has 4 rings (SSSR count). The largest absolute Gasteiger partial charge is 0.377 e. The Kier molecular flexibility index (Phi) is 5.94. The highest BCUT2D eigenvalue weighted by Gasteiger charge is 2.28. The van der Waals surface area contributed by atoms with Gasteiger partial charge in [-0.25, -0.2) is 4.98 Å². The first kappa shape index (κ1) is 20.9. The summed E-state index contributed by atoms with van der Waals surface area (Å²) in [7, 11) is 3.65. The number of benzene rings is 1. The zero-order chi connectivity index (χ0) is 22.0. The normalized spacial score (nSPS) is 14.5. The molecule has 1 amide bonds. The molecule has 0 unspecified atom stereocenters. The van der Waals surface area contributed by atoms with Crippen LogP contribution in [0.5, 0.6) is 0 Å². The Morgan fingerprint density at radius 1 is 1.19 bits per heavy atom. The van der Waals surface area contributed by atoms with E-state index in [1.165, 1.54) is 12.1 Å². The second-order valence-electron chi connectivity index (χ2n) is 7.73. The average molecular weight is 438 g/mol. The molecular weight excluding hydrogens is 414 g/mol. The van der Waals surface area contributed by atoms with Crippen molar-refractivity contribution in [2.45, 2.75) is 18.8 Å². The number of carbonyl (C=O) groups excluding carboxylic acids is 1. The Bertz CT molecular complexity index is 1090. The highest BCUT2D eigenvalue weighted by molar-refractivity contribution is 7.10. The van der Waals surface area contributed by atoms with E-state index >= 15 is 0 Å². The van der Waals surface area contributed by atoms with Crippen LogP contribution in [0.3, 0.4) is 0 Å². The van der Waals surface area contributed by atoms with Gasteiger partial charge in [-0.05, 0) is 31.0 Å². The summed E-state index contributed by atoms with van der Waals surface area (Å²) in [4.78, 5) is 36.4. The summed E-state index contributed by atoms with van der Waals surface area (Å²) in [5.41, 5.74) is 2.97. The number of anilines is 1. The Morgan fingerprint density at radius 2 is 1.90 bits per heavy atom. The number of pyridine rings is 1. The molecule has 1 aliphatic heterocycles. The molecule has 3 aromatic rings. The number of nitro benzene ring substituents is 1. The Labute approximate surface area is 184 Å². The molecule has 160 valence electrons. The minimum atomic E-state index is -0.467. The van der Waals surface area contributed by atoms with E-state index in [4.69, 9.17) is 4.98 Å². The number of nitro groups is 1. The smallest absolute Gasteiger partial charge is 0.270 e. The summed E-state index contributed by atoms with van der Waals surface area (Å²) in [6, 6.07) is 8.34. The van der Waals surface area contributed by atoms with Crippen molar-refractivity contribution in [3.05, 3.63) is 68.8 Å². The number of carbonyl (C=O) groups is 1. The maximum absolute atomic E-state index is 13.2. The number of amides is 1. The Hall–Kier alpha value is -3.33. The molecule has 31 heavy (non-hydrogen) atoms. The molecule has 0 aliphatic carbocycles. The van der Waals surface area contributed by atoms with Gasteiger partial charge in [-0.1, -0.05) is 0 Å². The molecule has 0 atom stereocenters. The van der Waals surface area contributed by atoms with Gasteiger partial charge in [0.1, 0.15) is 0 Å². The van der Waals surface area contributed by atoms with E-state index in [2.05, 4.69) is 10.4 Å². The summed E-state index contributed by atoms with van der Waals surface area (Å²) in [5.74, 6) is 0.144. The fraction of sp³-hybridized carbons (Fsp3) is 0.318. The lowest BCUT2D eigenvalue weighted by atomic mass is 9.96. The van der Waals surface area contributed by atoms with Crippen LogP contribution in [0.15, 0.2) is 48.1 Å². The molecule has 0 spiro atoms. The van der Waals surface area contributed by atoms with E-state index in [9.17, 15) is 14.9 Å². The van der Waals surface area contributed by atoms with Gasteiger partial charge >= 0.3 is 0 Å². The summed E-state index contributed by atoms with van der Waals surface area (Å²) in [5, 5.41) is 14.3. The monoisotopic (exact) mass is 437 g/mol. The molecule has 1 aromatic carbocycles. The summed E-state index contributed by atoms with van der Waals surface area (Å²) >= 11 is 1.65. The van der Waals surface area contributed by atoms with E-state index < -0.39 is 4.92 Å². The van der Waals surface area contributed by atoms with Crippen LogP contribution in [0.25, 0.3) is 11.3 Å². The fourth-order valence-corrected chi connectivity index (χ4v) is 4.83. The maximum atomic E-state index is 13.2. The van der Waals surface area contributed by atoms with Gasteiger partial charge in [0.15, 0.2) is 0 Å². The van der Waals surface area contributed by atoms with Crippen LogP contribution in [0, 0.1) is 10.1 Å². The van der Waals surface area contributed by atoms with E-state index in [-0.39, 0.29) is 11.6 Å². The number of aromatic nitrogens is 2. The lowest BCUT2D eigenvalue weighted by Gasteiger charge is -2.32. The third-order valence-corrected chi connectivity index (χ3v) is 6.54. The molecule has 0 radical (unpaired) electrons. The predicted molar refractivity (Wildman–Crippen MR) is 121 cm³/mol. The number of likely N-dealkylation sites (tertiary alicyclic amines) is 1. The van der Waals surface area contributed by atoms with Gasteiger partial charge in [-0.3, -0.25) is 19.9 Å². The van der Waals surface area contributed by atoms with Crippen molar-refractivity contribution >= 4 is 28.6 Å². The van der Waals surface area contributed by atoms with Gasteiger partial charge in [0.05, 0.1) is 21.2 Å². The van der Waals surface area contributed by atoms with Gasteiger partial charge in [0.2, 0.25) is 0 Å². The molecule has 0 N–H and O–H groups in total. The topological polar surface area (TPSA) is 92.5 Å². The molecule has 1 fully saturated rings. The summed E-state index contributed by atoms with van der Waals surface area (Å²) in [6.07, 6.45) is 5.16. The van der Waals surface area contributed by atoms with Crippen molar-refractivity contribution in [1.82, 2.24) is 14.9 Å². The number of hydrogen-bond donors (Lipinski definition) is 0. The lowest BCUT2D eigenvalue weighted by Crippen LogP contribution is -2.38. The van der Waals surface area contributed by atoms with Crippen LogP contribution in [-0.4, -0.2) is 52.9 Å². The molecule has 8 nitrogen and oxygen atoms in total. The quantitative estimate of drug-likeness (QED) is 0.439. The van der Waals surface area contributed by atoms with Crippen molar-refractivity contribution < 1.29 is 9.72 Å². The third-order valence-electron chi connectivity index (χ3n) is 5.53. The fourth-order valence-electron chi connectivity index (χ4n) is 3.83. The number of nitrogens with zero attached hydrogens (tertiary/aromatic N) is 5. The van der Waals surface area contributed by atoms with Crippen molar-refractivity contribution in [2.75, 3.05) is 32.1 Å². The predicted octanol–water partition coefficient (Wildman–Crippen LogP) is 4.20. The maximum Gasteiger partial charge on any atom is 0.270 e. The number of non-ortho nitro benzene ring substituents is 1. The molecule has 1 saturated heterocycles. The number of thiazole rings is 1. The van der Waals surface area contributed by atoms with Crippen molar-refractivity contribution in [1.29, 1.82) is 0 Å². The zero-order valence-electron chi connectivity index (χ0n) is 17.4. The molecule has 0 bridgehead atoms. The van der Waals surface area contributed by atoms with Crippen LogP contribution in [0.1, 0.15) is 34.1 Å². The van der Waals surface area contributed by atoms with Gasteiger partial charge in [-0.15, -0.1) is 11.3 Å². The highest BCUT2D eigenvalue weighted by Crippen LogP contribution is 2.34. The van der Waals surface area contributed by atoms with Crippen LogP contribution in [-0.2, 0) is 0 Å².